The zero-order chi connectivity index (χ0) is 8.97. The van der Waals surface area contributed by atoms with E-state index >= 15 is 0 Å². The molecule has 0 fully saturated rings. The number of nitrogens with one attached hydrogen (secondary N) is 1. The van der Waals surface area contributed by atoms with Crippen LogP contribution >= 0.6 is 0 Å². The Hall–Kier alpha value is -1.51. The minimum Gasteiger partial charge on any atom is -0.352 e. The molecule has 0 saturated heterocycles. The van der Waals surface area contributed by atoms with E-state index in [2.05, 4.69) is 5.32 Å². The number of benzene rings is 1. The molecule has 12 heavy (non-hydrogen) atoms. The van der Waals surface area contributed by atoms with Gasteiger partial charge in [-0.25, -0.2) is 4.79 Å². The van der Waals surface area contributed by atoms with E-state index in [1.54, 1.807) is 0 Å². The Morgan fingerprint density at radius 1 is 1.42 bits per heavy atom. The second-order valence-electron chi connectivity index (χ2n) is 2.64. The molecule has 0 aromatic heterocycles. The van der Waals surface area contributed by atoms with Gasteiger partial charge in [0.1, 0.15) is 0 Å². The molecule has 0 radical (unpaired) electrons. The molecule has 0 aliphatic heterocycles. The van der Waals surface area contributed by atoms with E-state index in [0.29, 0.717) is 0 Å². The molecule has 0 saturated carbocycles. The Morgan fingerprint density at radius 2 is 2.00 bits per heavy atom. The summed E-state index contributed by atoms with van der Waals surface area (Å²) in [7, 11) is 0. The van der Waals surface area contributed by atoms with Crippen molar-refractivity contribution < 1.29 is 4.79 Å². The molecule has 64 valence electrons. The fourth-order valence-corrected chi connectivity index (χ4v) is 1.04. The molecule has 0 aliphatic rings. The Balaban J connectivity index is 2.65. The van der Waals surface area contributed by atoms with Crippen molar-refractivity contribution in [3.63, 3.8) is 0 Å². The standard InChI is InChI=1S/C9H12N2O/c1-7(11-9(10)12)8-5-3-2-4-6-8/h2-7H,1H3,(H3,10,11,12)/t7-/m0/s1. The topological polar surface area (TPSA) is 55.1 Å². The highest BCUT2D eigenvalue weighted by Gasteiger charge is 2.04. The van der Waals surface area contributed by atoms with Gasteiger partial charge in [0.2, 0.25) is 0 Å². The maximum atomic E-state index is 10.5. The van der Waals surface area contributed by atoms with Gasteiger partial charge < -0.3 is 11.1 Å². The summed E-state index contributed by atoms with van der Waals surface area (Å²) < 4.78 is 0. The van der Waals surface area contributed by atoms with Gasteiger partial charge in [0.25, 0.3) is 0 Å². The summed E-state index contributed by atoms with van der Waals surface area (Å²) in [5.74, 6) is 0. The fraction of sp³-hybridized carbons (Fsp3) is 0.222. The van der Waals surface area contributed by atoms with Crippen LogP contribution in [0.1, 0.15) is 18.5 Å². The van der Waals surface area contributed by atoms with Crippen LogP contribution in [0.5, 0.6) is 0 Å². The summed E-state index contributed by atoms with van der Waals surface area (Å²) in [5, 5.41) is 2.60. The third-order valence-electron chi connectivity index (χ3n) is 1.66. The second-order valence-corrected chi connectivity index (χ2v) is 2.64. The van der Waals surface area contributed by atoms with Crippen LogP contribution in [0, 0.1) is 0 Å². The number of hydrogen-bond donors (Lipinski definition) is 2. The molecular formula is C9H12N2O. The normalized spacial score (nSPS) is 12.1. The summed E-state index contributed by atoms with van der Waals surface area (Å²) in [6.07, 6.45) is 0. The van der Waals surface area contributed by atoms with Gasteiger partial charge in [-0.1, -0.05) is 30.3 Å². The molecule has 0 heterocycles. The summed E-state index contributed by atoms with van der Waals surface area (Å²) in [5.41, 5.74) is 6.03. The predicted molar refractivity (Wildman–Crippen MR) is 47.6 cm³/mol. The highest BCUT2D eigenvalue weighted by molar-refractivity contribution is 5.72. The van der Waals surface area contributed by atoms with Gasteiger partial charge in [0, 0.05) is 0 Å². The average molecular weight is 164 g/mol. The number of hydrogen-bond acceptors (Lipinski definition) is 1. The van der Waals surface area contributed by atoms with Gasteiger partial charge in [-0.05, 0) is 12.5 Å². The van der Waals surface area contributed by atoms with E-state index in [0.717, 1.165) is 5.56 Å². The number of rotatable bonds is 2. The molecule has 0 spiro atoms. The van der Waals surface area contributed by atoms with Crippen molar-refractivity contribution in [3.05, 3.63) is 35.9 Å². The molecule has 1 atom stereocenters. The van der Waals surface area contributed by atoms with Crippen molar-refractivity contribution in [1.29, 1.82) is 0 Å². The number of carbonyl (C=O) groups excluding carboxylic acids is 1. The highest BCUT2D eigenvalue weighted by Crippen LogP contribution is 2.09. The molecule has 0 aliphatic carbocycles. The van der Waals surface area contributed by atoms with Crippen LogP contribution in [0.4, 0.5) is 4.79 Å². The zero-order valence-electron chi connectivity index (χ0n) is 6.95. The van der Waals surface area contributed by atoms with E-state index < -0.39 is 6.03 Å². The minimum absolute atomic E-state index is 0.0244. The molecule has 3 nitrogen and oxygen atoms in total. The lowest BCUT2D eigenvalue weighted by atomic mass is 10.1. The van der Waals surface area contributed by atoms with Gasteiger partial charge >= 0.3 is 6.03 Å². The summed E-state index contributed by atoms with van der Waals surface area (Å²) in [6.45, 7) is 1.89. The maximum Gasteiger partial charge on any atom is 0.312 e. The summed E-state index contributed by atoms with van der Waals surface area (Å²) >= 11 is 0. The van der Waals surface area contributed by atoms with Crippen LogP contribution in [0.3, 0.4) is 0 Å². The fourth-order valence-electron chi connectivity index (χ4n) is 1.04. The zero-order valence-corrected chi connectivity index (χ0v) is 6.95. The first kappa shape index (κ1) is 8.59. The van der Waals surface area contributed by atoms with E-state index in [4.69, 9.17) is 5.73 Å². The van der Waals surface area contributed by atoms with Gasteiger partial charge in [0.05, 0.1) is 6.04 Å². The largest absolute Gasteiger partial charge is 0.352 e. The van der Waals surface area contributed by atoms with Crippen LogP contribution in [-0.4, -0.2) is 6.03 Å². The molecule has 1 aromatic carbocycles. The van der Waals surface area contributed by atoms with Crippen molar-refractivity contribution in [2.75, 3.05) is 0 Å². The van der Waals surface area contributed by atoms with E-state index in [9.17, 15) is 4.79 Å². The molecule has 3 heteroatoms. The Labute approximate surface area is 71.6 Å². The first-order valence-electron chi connectivity index (χ1n) is 3.81. The van der Waals surface area contributed by atoms with Crippen LogP contribution in [0.15, 0.2) is 30.3 Å². The van der Waals surface area contributed by atoms with Crippen molar-refractivity contribution in [2.45, 2.75) is 13.0 Å². The Bertz CT molecular complexity index is 258. The molecule has 0 bridgehead atoms. The lowest BCUT2D eigenvalue weighted by Crippen LogP contribution is -2.31. The molecule has 1 aromatic rings. The number of primary amides is 1. The first-order chi connectivity index (χ1) is 5.70. The van der Waals surface area contributed by atoms with Crippen molar-refractivity contribution in [3.8, 4) is 0 Å². The van der Waals surface area contributed by atoms with Crippen LogP contribution < -0.4 is 11.1 Å². The van der Waals surface area contributed by atoms with Gasteiger partial charge in [-0.3, -0.25) is 0 Å². The number of nitrogens with two attached hydrogens (primary N) is 1. The van der Waals surface area contributed by atoms with Crippen molar-refractivity contribution in [2.24, 2.45) is 5.73 Å². The van der Waals surface area contributed by atoms with E-state index in [-0.39, 0.29) is 6.04 Å². The molecule has 0 unspecified atom stereocenters. The lowest BCUT2D eigenvalue weighted by molar-refractivity contribution is 0.246. The number of amides is 2. The first-order valence-corrected chi connectivity index (χ1v) is 3.81. The Morgan fingerprint density at radius 3 is 2.50 bits per heavy atom. The minimum atomic E-state index is -0.494. The number of carbonyl (C=O) groups is 1. The lowest BCUT2D eigenvalue weighted by Gasteiger charge is -2.11. The van der Waals surface area contributed by atoms with E-state index in [1.165, 1.54) is 0 Å². The monoisotopic (exact) mass is 164 g/mol. The second kappa shape index (κ2) is 3.76. The third-order valence-corrected chi connectivity index (χ3v) is 1.66. The van der Waals surface area contributed by atoms with Crippen LogP contribution in [0.25, 0.3) is 0 Å². The Kier molecular flexibility index (Phi) is 2.69. The number of urea groups is 1. The average Bonchev–Trinajstić information content (AvgIpc) is 2.05. The molecular weight excluding hydrogens is 152 g/mol. The molecule has 2 amide bonds. The molecule has 3 N–H and O–H groups in total. The van der Waals surface area contributed by atoms with Crippen molar-refractivity contribution >= 4 is 6.03 Å². The highest BCUT2D eigenvalue weighted by atomic mass is 16.2. The summed E-state index contributed by atoms with van der Waals surface area (Å²) in [4.78, 5) is 10.5. The molecule has 1 rings (SSSR count). The SMILES string of the molecule is C[C@H](NC(N)=O)c1ccccc1. The van der Waals surface area contributed by atoms with Gasteiger partial charge in [-0.15, -0.1) is 0 Å². The van der Waals surface area contributed by atoms with Gasteiger partial charge in [0.15, 0.2) is 0 Å². The quantitative estimate of drug-likeness (QED) is 0.682. The summed E-state index contributed by atoms with van der Waals surface area (Å²) in [6, 6.07) is 9.15. The predicted octanol–water partition coefficient (Wildman–Crippen LogP) is 1.42. The van der Waals surface area contributed by atoms with Crippen molar-refractivity contribution in [1.82, 2.24) is 5.32 Å². The van der Waals surface area contributed by atoms with E-state index in [1.807, 2.05) is 37.3 Å². The maximum absolute atomic E-state index is 10.5. The van der Waals surface area contributed by atoms with Crippen LogP contribution in [-0.2, 0) is 0 Å². The van der Waals surface area contributed by atoms with Gasteiger partial charge in [-0.2, -0.15) is 0 Å². The third kappa shape index (κ3) is 2.27. The smallest absolute Gasteiger partial charge is 0.312 e. The van der Waals surface area contributed by atoms with Crippen LogP contribution in [0.2, 0.25) is 0 Å².